The summed E-state index contributed by atoms with van der Waals surface area (Å²) in [7, 11) is 1.39. The third-order valence-electron chi connectivity index (χ3n) is 4.07. The van der Waals surface area contributed by atoms with Gasteiger partial charge in [0.2, 0.25) is 0 Å². The molecule has 5 N–H and O–H groups in total. The largest absolute Gasteiger partial charge is 0.469 e. The second-order valence-corrected chi connectivity index (χ2v) is 5.80. The number of nitrogen functional groups attached to an aromatic ring is 2. The van der Waals surface area contributed by atoms with Crippen molar-refractivity contribution < 1.29 is 9.53 Å². The lowest BCUT2D eigenvalue weighted by Gasteiger charge is -2.17. The van der Waals surface area contributed by atoms with Crippen molar-refractivity contribution in [3.63, 3.8) is 0 Å². The first kappa shape index (κ1) is 17.5. The second kappa shape index (κ2) is 8.15. The Labute approximate surface area is 142 Å². The van der Waals surface area contributed by atoms with Gasteiger partial charge in [-0.2, -0.15) is 0 Å². The third kappa shape index (κ3) is 4.84. The molecule has 2 aromatic rings. The lowest BCUT2D eigenvalue weighted by atomic mass is 9.88. The molecule has 0 amide bonds. The molecule has 0 aliphatic heterocycles. The van der Waals surface area contributed by atoms with Crippen LogP contribution in [0.15, 0.2) is 48.5 Å². The highest BCUT2D eigenvalue weighted by atomic mass is 16.5. The van der Waals surface area contributed by atoms with Crippen LogP contribution in [0.2, 0.25) is 0 Å². The summed E-state index contributed by atoms with van der Waals surface area (Å²) in [5.74, 6) is -0.216. The summed E-state index contributed by atoms with van der Waals surface area (Å²) in [4.78, 5) is 11.8. The molecule has 5 nitrogen and oxygen atoms in total. The Morgan fingerprint density at radius 3 is 2.54 bits per heavy atom. The van der Waals surface area contributed by atoms with Crippen molar-refractivity contribution in [2.45, 2.75) is 25.2 Å². The zero-order valence-electron chi connectivity index (χ0n) is 13.8. The highest BCUT2D eigenvalue weighted by molar-refractivity contribution is 5.95. The van der Waals surface area contributed by atoms with Crippen LogP contribution in [0.25, 0.3) is 0 Å². The van der Waals surface area contributed by atoms with Gasteiger partial charge in [-0.3, -0.25) is 10.2 Å². The molecule has 0 bridgehead atoms. The van der Waals surface area contributed by atoms with Crippen molar-refractivity contribution in [3.05, 3.63) is 65.2 Å². The van der Waals surface area contributed by atoms with Crippen molar-refractivity contribution in [2.24, 2.45) is 5.73 Å². The van der Waals surface area contributed by atoms with Gasteiger partial charge in [0.25, 0.3) is 0 Å². The number of nitrogens with two attached hydrogens (primary N) is 2. The minimum absolute atomic E-state index is 0.00861. The van der Waals surface area contributed by atoms with Crippen LogP contribution in [0.3, 0.4) is 0 Å². The highest BCUT2D eigenvalue weighted by Gasteiger charge is 2.17. The maximum Gasteiger partial charge on any atom is 0.306 e. The summed E-state index contributed by atoms with van der Waals surface area (Å²) in [5, 5.41) is 7.58. The Balaban J connectivity index is 2.17. The van der Waals surface area contributed by atoms with E-state index in [0.717, 1.165) is 24.1 Å². The molecule has 2 rings (SSSR count). The SMILES string of the molecule is COC(=O)C[C@@H](CCc1ccc(N)cc1)c1cccc(C(=N)N)c1. The van der Waals surface area contributed by atoms with Crippen molar-refractivity contribution in [2.75, 3.05) is 12.8 Å². The van der Waals surface area contributed by atoms with Gasteiger partial charge in [-0.05, 0) is 48.1 Å². The molecule has 2 aromatic carbocycles. The first-order valence-electron chi connectivity index (χ1n) is 7.85. The molecule has 0 aliphatic rings. The fourth-order valence-corrected chi connectivity index (χ4v) is 2.66. The monoisotopic (exact) mass is 325 g/mol. The molecular weight excluding hydrogens is 302 g/mol. The predicted molar refractivity (Wildman–Crippen MR) is 96.0 cm³/mol. The van der Waals surface area contributed by atoms with Gasteiger partial charge >= 0.3 is 5.97 Å². The summed E-state index contributed by atoms with van der Waals surface area (Å²) in [5.41, 5.74) is 14.8. The van der Waals surface area contributed by atoms with Gasteiger partial charge in [0.1, 0.15) is 5.84 Å². The molecule has 0 spiro atoms. The van der Waals surface area contributed by atoms with Crippen molar-refractivity contribution in [3.8, 4) is 0 Å². The number of amidine groups is 1. The Hall–Kier alpha value is -2.82. The number of carbonyl (C=O) groups is 1. The summed E-state index contributed by atoms with van der Waals surface area (Å²) >= 11 is 0. The number of rotatable bonds is 7. The number of methoxy groups -OCH3 is 1. The molecule has 0 unspecified atom stereocenters. The zero-order chi connectivity index (χ0) is 17.5. The van der Waals surface area contributed by atoms with Crippen molar-refractivity contribution >= 4 is 17.5 Å². The van der Waals surface area contributed by atoms with Crippen LogP contribution in [0.1, 0.15) is 35.4 Å². The van der Waals surface area contributed by atoms with Gasteiger partial charge in [0, 0.05) is 11.3 Å². The van der Waals surface area contributed by atoms with Crippen LogP contribution in [-0.4, -0.2) is 18.9 Å². The van der Waals surface area contributed by atoms with E-state index >= 15 is 0 Å². The van der Waals surface area contributed by atoms with Crippen LogP contribution in [0.4, 0.5) is 5.69 Å². The van der Waals surface area contributed by atoms with E-state index in [1.807, 2.05) is 42.5 Å². The van der Waals surface area contributed by atoms with Crippen molar-refractivity contribution in [1.29, 1.82) is 5.41 Å². The van der Waals surface area contributed by atoms with Crippen LogP contribution in [0, 0.1) is 5.41 Å². The number of esters is 1. The number of benzene rings is 2. The number of carbonyl (C=O) groups excluding carboxylic acids is 1. The van der Waals surface area contributed by atoms with E-state index in [4.69, 9.17) is 21.6 Å². The van der Waals surface area contributed by atoms with Crippen molar-refractivity contribution in [1.82, 2.24) is 0 Å². The van der Waals surface area contributed by atoms with E-state index in [1.165, 1.54) is 12.7 Å². The summed E-state index contributed by atoms with van der Waals surface area (Å²) < 4.78 is 4.83. The molecule has 24 heavy (non-hydrogen) atoms. The van der Waals surface area contributed by atoms with Gasteiger partial charge in [0.15, 0.2) is 0 Å². The van der Waals surface area contributed by atoms with E-state index < -0.39 is 0 Å². The zero-order valence-corrected chi connectivity index (χ0v) is 13.8. The van der Waals surface area contributed by atoms with E-state index in [2.05, 4.69) is 0 Å². The molecule has 0 fully saturated rings. The molecule has 0 aromatic heterocycles. The topological polar surface area (TPSA) is 102 Å². The van der Waals surface area contributed by atoms with E-state index in [9.17, 15) is 4.79 Å². The van der Waals surface area contributed by atoms with Gasteiger partial charge in [-0.1, -0.05) is 30.3 Å². The Bertz CT molecular complexity index is 711. The first-order valence-corrected chi connectivity index (χ1v) is 7.85. The summed E-state index contributed by atoms with van der Waals surface area (Å²) in [6.45, 7) is 0. The average molecular weight is 325 g/mol. The fraction of sp³-hybridized carbons (Fsp3) is 0.263. The molecule has 1 atom stereocenters. The number of hydrogen-bond donors (Lipinski definition) is 3. The molecule has 0 aliphatic carbocycles. The molecule has 0 radical (unpaired) electrons. The van der Waals surface area contributed by atoms with E-state index in [-0.39, 0.29) is 17.7 Å². The van der Waals surface area contributed by atoms with Gasteiger partial charge in [-0.15, -0.1) is 0 Å². The lowest BCUT2D eigenvalue weighted by molar-refractivity contribution is -0.141. The maximum atomic E-state index is 11.8. The molecular formula is C19H23N3O2. The van der Waals surface area contributed by atoms with Crippen LogP contribution in [0.5, 0.6) is 0 Å². The number of ether oxygens (including phenoxy) is 1. The van der Waals surface area contributed by atoms with E-state index in [0.29, 0.717) is 12.0 Å². The first-order chi connectivity index (χ1) is 11.5. The van der Waals surface area contributed by atoms with Gasteiger partial charge in [-0.25, -0.2) is 0 Å². The Morgan fingerprint density at radius 1 is 1.21 bits per heavy atom. The molecule has 126 valence electrons. The summed E-state index contributed by atoms with van der Waals surface area (Å²) in [6, 6.07) is 15.2. The Kier molecular flexibility index (Phi) is 5.95. The van der Waals surface area contributed by atoms with Gasteiger partial charge in [0.05, 0.1) is 13.5 Å². The standard InChI is InChI=1S/C19H23N3O2/c1-24-18(23)12-15(8-5-13-6-9-17(20)10-7-13)14-3-2-4-16(11-14)19(21)22/h2-4,6-7,9-11,15H,5,8,12,20H2,1H3,(H3,21,22)/t15-/m1/s1. The molecule has 0 saturated carbocycles. The second-order valence-electron chi connectivity index (χ2n) is 5.80. The Morgan fingerprint density at radius 2 is 1.92 bits per heavy atom. The van der Waals surface area contributed by atoms with Crippen LogP contribution >= 0.6 is 0 Å². The minimum atomic E-state index is -0.245. The minimum Gasteiger partial charge on any atom is -0.469 e. The molecule has 5 heteroatoms. The lowest BCUT2D eigenvalue weighted by Crippen LogP contribution is -2.13. The van der Waals surface area contributed by atoms with Crippen LogP contribution in [-0.2, 0) is 16.0 Å². The van der Waals surface area contributed by atoms with Crippen LogP contribution < -0.4 is 11.5 Å². The third-order valence-corrected chi connectivity index (χ3v) is 4.07. The fourth-order valence-electron chi connectivity index (χ4n) is 2.66. The number of nitrogens with one attached hydrogen (secondary N) is 1. The van der Waals surface area contributed by atoms with E-state index in [1.54, 1.807) is 6.07 Å². The average Bonchev–Trinajstić information content (AvgIpc) is 2.59. The quantitative estimate of drug-likeness (QED) is 0.315. The number of aryl methyl sites for hydroxylation is 1. The molecule has 0 saturated heterocycles. The number of anilines is 1. The smallest absolute Gasteiger partial charge is 0.306 e. The highest BCUT2D eigenvalue weighted by Crippen LogP contribution is 2.27. The van der Waals surface area contributed by atoms with Gasteiger partial charge < -0.3 is 16.2 Å². The maximum absolute atomic E-state index is 11.8. The number of hydrogen-bond acceptors (Lipinski definition) is 4. The normalized spacial score (nSPS) is 11.7. The summed E-state index contributed by atoms with van der Waals surface area (Å²) in [6.07, 6.45) is 1.92. The predicted octanol–water partition coefficient (Wildman–Crippen LogP) is 2.83. The molecule has 0 heterocycles.